The van der Waals surface area contributed by atoms with Gasteiger partial charge in [-0.1, -0.05) is 12.1 Å². The second kappa shape index (κ2) is 8.01. The highest BCUT2D eigenvalue weighted by molar-refractivity contribution is 5.96. The van der Waals surface area contributed by atoms with Crippen LogP contribution in [0.3, 0.4) is 0 Å². The van der Waals surface area contributed by atoms with Gasteiger partial charge in [-0.3, -0.25) is 14.4 Å². The van der Waals surface area contributed by atoms with Gasteiger partial charge in [0, 0.05) is 12.2 Å². The molecule has 0 aliphatic carbocycles. The number of hydrogen-bond acceptors (Lipinski definition) is 4. The zero-order valence-corrected chi connectivity index (χ0v) is 11.8. The van der Waals surface area contributed by atoms with Gasteiger partial charge in [0.05, 0.1) is 18.9 Å². The van der Waals surface area contributed by atoms with Crippen LogP contribution in [0.2, 0.25) is 0 Å². The molecule has 0 radical (unpaired) electrons. The Balaban J connectivity index is 2.56. The molecule has 1 aromatic carbocycles. The van der Waals surface area contributed by atoms with Gasteiger partial charge in [0.25, 0.3) is 0 Å². The van der Waals surface area contributed by atoms with Gasteiger partial charge in [-0.05, 0) is 24.6 Å². The summed E-state index contributed by atoms with van der Waals surface area (Å²) in [7, 11) is 0. The lowest BCUT2D eigenvalue weighted by Gasteiger charge is -2.10. The maximum atomic E-state index is 11.6. The lowest BCUT2D eigenvalue weighted by molar-refractivity contribution is -0.138. The molecule has 0 aromatic heterocycles. The van der Waals surface area contributed by atoms with Crippen molar-refractivity contribution in [2.24, 2.45) is 5.73 Å². The normalized spacial score (nSPS) is 11.5. The van der Waals surface area contributed by atoms with E-state index in [0.29, 0.717) is 12.2 Å². The second-order valence-electron chi connectivity index (χ2n) is 4.52. The van der Waals surface area contributed by atoms with E-state index in [1.807, 2.05) is 6.92 Å². The zero-order valence-electron chi connectivity index (χ0n) is 11.8. The van der Waals surface area contributed by atoms with E-state index in [-0.39, 0.29) is 12.3 Å². The molecule has 7 heteroatoms. The molecule has 0 heterocycles. The Hall–Kier alpha value is -2.41. The highest BCUT2D eigenvalue weighted by Gasteiger charge is 2.16. The molecule has 1 rings (SSSR count). The van der Waals surface area contributed by atoms with E-state index in [9.17, 15) is 14.4 Å². The monoisotopic (exact) mass is 293 g/mol. The largest absolute Gasteiger partial charge is 0.481 e. The minimum absolute atomic E-state index is 0.0715. The molecular weight excluding hydrogens is 274 g/mol. The van der Waals surface area contributed by atoms with E-state index in [1.165, 1.54) is 0 Å². The maximum absolute atomic E-state index is 11.6. The van der Waals surface area contributed by atoms with Crippen LogP contribution in [0.15, 0.2) is 24.3 Å². The van der Waals surface area contributed by atoms with Crippen LogP contribution in [0.5, 0.6) is 0 Å². The number of anilines is 1. The summed E-state index contributed by atoms with van der Waals surface area (Å²) in [4.78, 5) is 33.5. The number of hydrogen-bond donors (Lipinski definition) is 4. The molecule has 0 aliphatic heterocycles. The minimum Gasteiger partial charge on any atom is -0.481 e. The second-order valence-corrected chi connectivity index (χ2v) is 4.52. The predicted octanol–water partition coefficient (Wildman–Crippen LogP) is 0.106. The van der Waals surface area contributed by atoms with Gasteiger partial charge >= 0.3 is 5.97 Å². The standard InChI is InChI=1S/C14H19N3O4/c1-2-16-12(18)7-9-3-5-10(6-4-9)17-14(21)11(15)8-13(19)20/h3-6,11H,2,7-8,15H2,1H3,(H,16,18)(H,17,21)(H,19,20). The Morgan fingerprint density at radius 3 is 2.38 bits per heavy atom. The third-order valence-corrected chi connectivity index (χ3v) is 2.69. The van der Waals surface area contributed by atoms with E-state index in [2.05, 4.69) is 10.6 Å². The van der Waals surface area contributed by atoms with Gasteiger partial charge < -0.3 is 21.5 Å². The molecule has 0 saturated heterocycles. The van der Waals surface area contributed by atoms with Crippen molar-refractivity contribution < 1.29 is 19.5 Å². The van der Waals surface area contributed by atoms with Crippen LogP contribution in [0.1, 0.15) is 18.9 Å². The van der Waals surface area contributed by atoms with Gasteiger partial charge in [0.1, 0.15) is 0 Å². The molecule has 21 heavy (non-hydrogen) atoms. The van der Waals surface area contributed by atoms with Crippen molar-refractivity contribution in [2.75, 3.05) is 11.9 Å². The number of likely N-dealkylation sites (N-methyl/N-ethyl adjacent to an activating group) is 1. The number of carboxylic acid groups (broad SMARTS) is 1. The highest BCUT2D eigenvalue weighted by Crippen LogP contribution is 2.10. The molecule has 2 amide bonds. The van der Waals surface area contributed by atoms with Crippen molar-refractivity contribution in [1.82, 2.24) is 5.32 Å². The molecule has 1 aromatic rings. The van der Waals surface area contributed by atoms with Crippen LogP contribution in [0.4, 0.5) is 5.69 Å². The van der Waals surface area contributed by atoms with E-state index in [0.717, 1.165) is 5.56 Å². The van der Waals surface area contributed by atoms with Gasteiger partial charge in [0.2, 0.25) is 11.8 Å². The smallest absolute Gasteiger partial charge is 0.305 e. The summed E-state index contributed by atoms with van der Waals surface area (Å²) in [6, 6.07) is 5.61. The lowest BCUT2D eigenvalue weighted by atomic mass is 10.1. The molecule has 0 aliphatic rings. The third-order valence-electron chi connectivity index (χ3n) is 2.69. The number of aliphatic carboxylic acids is 1. The van der Waals surface area contributed by atoms with Crippen LogP contribution in [-0.2, 0) is 20.8 Å². The number of amides is 2. The number of rotatable bonds is 7. The van der Waals surface area contributed by atoms with E-state index in [1.54, 1.807) is 24.3 Å². The van der Waals surface area contributed by atoms with E-state index in [4.69, 9.17) is 10.8 Å². The lowest BCUT2D eigenvalue weighted by Crippen LogP contribution is -2.37. The molecule has 1 atom stereocenters. The quantitative estimate of drug-likeness (QED) is 0.568. The number of carboxylic acids is 1. The molecule has 0 bridgehead atoms. The SMILES string of the molecule is CCNC(=O)Cc1ccc(NC(=O)C(N)CC(=O)O)cc1. The van der Waals surface area contributed by atoms with Crippen molar-refractivity contribution in [2.45, 2.75) is 25.8 Å². The number of nitrogens with two attached hydrogens (primary N) is 1. The Labute approximate surface area is 122 Å². The van der Waals surface area contributed by atoms with Gasteiger partial charge in [-0.15, -0.1) is 0 Å². The zero-order chi connectivity index (χ0) is 15.8. The van der Waals surface area contributed by atoms with Crippen molar-refractivity contribution in [3.05, 3.63) is 29.8 Å². The Morgan fingerprint density at radius 1 is 1.24 bits per heavy atom. The van der Waals surface area contributed by atoms with Crippen molar-refractivity contribution >= 4 is 23.5 Å². The maximum Gasteiger partial charge on any atom is 0.305 e. The number of carbonyl (C=O) groups excluding carboxylic acids is 2. The average Bonchev–Trinajstić information content (AvgIpc) is 2.40. The van der Waals surface area contributed by atoms with Crippen LogP contribution in [0, 0.1) is 0 Å². The van der Waals surface area contributed by atoms with Crippen molar-refractivity contribution in [3.8, 4) is 0 Å². The Kier molecular flexibility index (Phi) is 6.35. The molecule has 0 fully saturated rings. The van der Waals surface area contributed by atoms with Gasteiger partial charge in [0.15, 0.2) is 0 Å². The average molecular weight is 293 g/mol. The summed E-state index contributed by atoms with van der Waals surface area (Å²) in [6.45, 7) is 2.42. The molecular formula is C14H19N3O4. The van der Waals surface area contributed by atoms with Crippen LogP contribution < -0.4 is 16.4 Å². The molecule has 114 valence electrons. The first-order valence-corrected chi connectivity index (χ1v) is 6.56. The molecule has 0 saturated carbocycles. The molecule has 5 N–H and O–H groups in total. The molecule has 7 nitrogen and oxygen atoms in total. The Bertz CT molecular complexity index is 513. The van der Waals surface area contributed by atoms with Gasteiger partial charge in [-0.25, -0.2) is 0 Å². The van der Waals surface area contributed by atoms with E-state index >= 15 is 0 Å². The van der Waals surface area contributed by atoms with Crippen molar-refractivity contribution in [1.29, 1.82) is 0 Å². The first kappa shape index (κ1) is 16.6. The number of nitrogens with one attached hydrogen (secondary N) is 2. The van der Waals surface area contributed by atoms with Crippen molar-refractivity contribution in [3.63, 3.8) is 0 Å². The fraction of sp³-hybridized carbons (Fsp3) is 0.357. The third kappa shape index (κ3) is 6.05. The predicted molar refractivity (Wildman–Crippen MR) is 77.7 cm³/mol. The number of benzene rings is 1. The molecule has 0 spiro atoms. The topological polar surface area (TPSA) is 122 Å². The first-order valence-electron chi connectivity index (χ1n) is 6.56. The summed E-state index contributed by atoms with van der Waals surface area (Å²) in [5, 5.41) is 13.8. The van der Waals surface area contributed by atoms with Gasteiger partial charge in [-0.2, -0.15) is 0 Å². The van der Waals surface area contributed by atoms with Crippen LogP contribution in [-0.4, -0.2) is 35.5 Å². The summed E-state index contributed by atoms with van der Waals surface area (Å²) in [5.74, 6) is -1.76. The Morgan fingerprint density at radius 2 is 1.86 bits per heavy atom. The number of carbonyl (C=O) groups is 3. The van der Waals surface area contributed by atoms with Crippen LogP contribution >= 0.6 is 0 Å². The fourth-order valence-electron chi connectivity index (χ4n) is 1.67. The first-order chi connectivity index (χ1) is 9.92. The summed E-state index contributed by atoms with van der Waals surface area (Å²) in [6.07, 6.45) is -0.165. The summed E-state index contributed by atoms with van der Waals surface area (Å²) in [5.41, 5.74) is 6.76. The fourth-order valence-corrected chi connectivity index (χ4v) is 1.67. The highest BCUT2D eigenvalue weighted by atomic mass is 16.4. The molecule has 1 unspecified atom stereocenters. The minimum atomic E-state index is -1.13. The summed E-state index contributed by atoms with van der Waals surface area (Å²) < 4.78 is 0. The summed E-state index contributed by atoms with van der Waals surface area (Å²) >= 11 is 0. The van der Waals surface area contributed by atoms with Crippen LogP contribution in [0.25, 0.3) is 0 Å². The van der Waals surface area contributed by atoms with E-state index < -0.39 is 24.3 Å².